The molecule has 0 bridgehead atoms. The minimum Gasteiger partial charge on any atom is -0.313 e. The van der Waals surface area contributed by atoms with Crippen molar-refractivity contribution in [1.29, 1.82) is 0 Å². The fourth-order valence-corrected chi connectivity index (χ4v) is 2.72. The molecule has 1 saturated heterocycles. The second kappa shape index (κ2) is 5.81. The highest BCUT2D eigenvalue weighted by molar-refractivity contribution is 5.30. The topological polar surface area (TPSA) is 15.3 Å². The van der Waals surface area contributed by atoms with Crippen LogP contribution in [0.1, 0.15) is 30.0 Å². The Bertz CT molecular complexity index is 394. The molecule has 100 valence electrons. The van der Waals surface area contributed by atoms with Gasteiger partial charge in [0, 0.05) is 19.1 Å². The first kappa shape index (κ1) is 13.5. The van der Waals surface area contributed by atoms with Crippen molar-refractivity contribution >= 4 is 0 Å². The molecule has 1 aliphatic heterocycles. The predicted molar refractivity (Wildman–Crippen MR) is 73.2 cm³/mol. The SMILES string of the molecule is Cc1cc(CN2CCCNC(C)C2)cc(C)c1F. The van der Waals surface area contributed by atoms with Crippen LogP contribution in [0.3, 0.4) is 0 Å². The van der Waals surface area contributed by atoms with E-state index >= 15 is 0 Å². The molecule has 0 amide bonds. The van der Waals surface area contributed by atoms with Gasteiger partial charge in [-0.25, -0.2) is 4.39 Å². The van der Waals surface area contributed by atoms with Gasteiger partial charge in [-0.05, 0) is 57.0 Å². The van der Waals surface area contributed by atoms with Gasteiger partial charge in [-0.1, -0.05) is 12.1 Å². The second-order valence-electron chi connectivity index (χ2n) is 5.49. The Kier molecular flexibility index (Phi) is 4.36. The van der Waals surface area contributed by atoms with Crippen LogP contribution in [0.25, 0.3) is 0 Å². The summed E-state index contributed by atoms with van der Waals surface area (Å²) in [6, 6.07) is 4.49. The largest absolute Gasteiger partial charge is 0.313 e. The van der Waals surface area contributed by atoms with Crippen molar-refractivity contribution in [3.8, 4) is 0 Å². The summed E-state index contributed by atoms with van der Waals surface area (Å²) in [5.41, 5.74) is 2.73. The first-order valence-electron chi connectivity index (χ1n) is 6.77. The lowest BCUT2D eigenvalue weighted by molar-refractivity contribution is 0.264. The zero-order valence-electron chi connectivity index (χ0n) is 11.6. The summed E-state index contributed by atoms with van der Waals surface area (Å²) in [6.45, 7) is 10.1. The molecule has 0 radical (unpaired) electrons. The van der Waals surface area contributed by atoms with Crippen molar-refractivity contribution in [2.24, 2.45) is 0 Å². The van der Waals surface area contributed by atoms with E-state index in [1.165, 1.54) is 12.0 Å². The fourth-order valence-electron chi connectivity index (χ4n) is 2.72. The van der Waals surface area contributed by atoms with Crippen molar-refractivity contribution in [2.75, 3.05) is 19.6 Å². The molecule has 0 spiro atoms. The molecule has 18 heavy (non-hydrogen) atoms. The van der Waals surface area contributed by atoms with Crippen molar-refractivity contribution in [3.05, 3.63) is 34.6 Å². The van der Waals surface area contributed by atoms with Crippen LogP contribution in [0.2, 0.25) is 0 Å². The summed E-state index contributed by atoms with van der Waals surface area (Å²) in [7, 11) is 0. The summed E-state index contributed by atoms with van der Waals surface area (Å²) in [4.78, 5) is 2.46. The van der Waals surface area contributed by atoms with Crippen molar-refractivity contribution in [2.45, 2.75) is 39.8 Å². The van der Waals surface area contributed by atoms with E-state index in [-0.39, 0.29) is 5.82 Å². The maximum absolute atomic E-state index is 13.6. The van der Waals surface area contributed by atoms with Gasteiger partial charge in [0.2, 0.25) is 0 Å². The molecule has 1 aromatic rings. The van der Waals surface area contributed by atoms with E-state index in [0.717, 1.165) is 37.3 Å². The van der Waals surface area contributed by atoms with Crippen molar-refractivity contribution < 1.29 is 4.39 Å². The average molecular weight is 250 g/mol. The maximum Gasteiger partial charge on any atom is 0.129 e. The normalized spacial score (nSPS) is 21.9. The monoisotopic (exact) mass is 250 g/mol. The molecule has 1 unspecified atom stereocenters. The van der Waals surface area contributed by atoms with Crippen LogP contribution in [0, 0.1) is 19.7 Å². The number of nitrogens with zero attached hydrogens (tertiary/aromatic N) is 1. The molecule has 0 saturated carbocycles. The van der Waals surface area contributed by atoms with Crippen LogP contribution in [-0.2, 0) is 6.54 Å². The van der Waals surface area contributed by atoms with Crippen LogP contribution in [0.4, 0.5) is 4.39 Å². The molecule has 2 rings (SSSR count). The summed E-state index contributed by atoms with van der Waals surface area (Å²) < 4.78 is 13.6. The Morgan fingerprint density at radius 2 is 2.00 bits per heavy atom. The highest BCUT2D eigenvalue weighted by Gasteiger charge is 2.15. The van der Waals surface area contributed by atoms with Gasteiger partial charge in [0.25, 0.3) is 0 Å². The molecule has 1 fully saturated rings. The molecule has 0 aliphatic carbocycles. The third-order valence-electron chi connectivity index (χ3n) is 3.58. The van der Waals surface area contributed by atoms with Gasteiger partial charge in [0.1, 0.15) is 5.82 Å². The van der Waals surface area contributed by atoms with E-state index in [0.29, 0.717) is 6.04 Å². The quantitative estimate of drug-likeness (QED) is 0.868. The van der Waals surface area contributed by atoms with Crippen LogP contribution < -0.4 is 5.32 Å². The first-order chi connectivity index (χ1) is 8.56. The number of hydrogen-bond acceptors (Lipinski definition) is 2. The zero-order valence-corrected chi connectivity index (χ0v) is 11.6. The van der Waals surface area contributed by atoms with Crippen LogP contribution in [0.15, 0.2) is 12.1 Å². The number of benzene rings is 1. The van der Waals surface area contributed by atoms with Crippen LogP contribution >= 0.6 is 0 Å². The van der Waals surface area contributed by atoms with Gasteiger partial charge in [-0.15, -0.1) is 0 Å². The van der Waals surface area contributed by atoms with E-state index in [2.05, 4.69) is 17.1 Å². The number of nitrogens with one attached hydrogen (secondary N) is 1. The van der Waals surface area contributed by atoms with Gasteiger partial charge in [0.05, 0.1) is 0 Å². The summed E-state index contributed by atoms with van der Waals surface area (Å²) in [5, 5.41) is 3.49. The van der Waals surface area contributed by atoms with E-state index in [1.54, 1.807) is 0 Å². The number of halogens is 1. The Morgan fingerprint density at radius 1 is 1.33 bits per heavy atom. The van der Waals surface area contributed by atoms with Gasteiger partial charge in [-0.2, -0.15) is 0 Å². The summed E-state index contributed by atoms with van der Waals surface area (Å²) in [5.74, 6) is -0.0651. The number of hydrogen-bond donors (Lipinski definition) is 1. The standard InChI is InChI=1S/C15H23FN2/c1-11-7-14(8-12(2)15(11)16)10-18-6-4-5-17-13(3)9-18/h7-8,13,17H,4-6,9-10H2,1-3H3. The van der Waals surface area contributed by atoms with Crippen LogP contribution in [-0.4, -0.2) is 30.6 Å². The molecule has 1 aromatic carbocycles. The number of rotatable bonds is 2. The molecule has 1 aliphatic rings. The molecule has 0 aromatic heterocycles. The number of aryl methyl sites for hydroxylation is 2. The molecule has 2 nitrogen and oxygen atoms in total. The Labute approximate surface area is 109 Å². The highest BCUT2D eigenvalue weighted by atomic mass is 19.1. The zero-order chi connectivity index (χ0) is 13.1. The van der Waals surface area contributed by atoms with Gasteiger partial charge >= 0.3 is 0 Å². The Balaban J connectivity index is 2.08. The molecule has 3 heteroatoms. The van der Waals surface area contributed by atoms with E-state index in [4.69, 9.17) is 0 Å². The van der Waals surface area contributed by atoms with E-state index in [9.17, 15) is 4.39 Å². The van der Waals surface area contributed by atoms with Gasteiger partial charge in [0.15, 0.2) is 0 Å². The van der Waals surface area contributed by atoms with Crippen LogP contribution in [0.5, 0.6) is 0 Å². The fraction of sp³-hybridized carbons (Fsp3) is 0.600. The van der Waals surface area contributed by atoms with Crippen molar-refractivity contribution in [1.82, 2.24) is 10.2 Å². The smallest absolute Gasteiger partial charge is 0.129 e. The van der Waals surface area contributed by atoms with Crippen molar-refractivity contribution in [3.63, 3.8) is 0 Å². The third kappa shape index (κ3) is 3.30. The average Bonchev–Trinajstić information content (AvgIpc) is 2.50. The summed E-state index contributed by atoms with van der Waals surface area (Å²) in [6.07, 6.45) is 1.18. The molecule has 1 heterocycles. The Hall–Kier alpha value is -0.930. The first-order valence-corrected chi connectivity index (χ1v) is 6.77. The van der Waals surface area contributed by atoms with E-state index < -0.39 is 0 Å². The highest BCUT2D eigenvalue weighted by Crippen LogP contribution is 2.17. The molecule has 1 N–H and O–H groups in total. The minimum atomic E-state index is -0.0651. The predicted octanol–water partition coefficient (Wildman–Crippen LogP) is 2.63. The lowest BCUT2D eigenvalue weighted by Gasteiger charge is -2.22. The molecular formula is C15H23FN2. The second-order valence-corrected chi connectivity index (χ2v) is 5.49. The lowest BCUT2D eigenvalue weighted by atomic mass is 10.1. The van der Waals surface area contributed by atoms with E-state index in [1.807, 2.05) is 26.0 Å². The van der Waals surface area contributed by atoms with Gasteiger partial charge < -0.3 is 5.32 Å². The molecule has 1 atom stereocenters. The summed E-state index contributed by atoms with van der Waals surface area (Å²) >= 11 is 0. The molecular weight excluding hydrogens is 227 g/mol. The third-order valence-corrected chi connectivity index (χ3v) is 3.58. The Morgan fingerprint density at radius 3 is 2.67 bits per heavy atom. The lowest BCUT2D eigenvalue weighted by Crippen LogP contribution is -2.34. The van der Waals surface area contributed by atoms with Gasteiger partial charge in [-0.3, -0.25) is 4.90 Å². The minimum absolute atomic E-state index is 0.0651. The maximum atomic E-state index is 13.6.